The zero-order valence-electron chi connectivity index (χ0n) is 8.40. The molecule has 4 nitrogen and oxygen atoms in total. The number of aromatic nitrogens is 1. The summed E-state index contributed by atoms with van der Waals surface area (Å²) in [6, 6.07) is 6.00. The maximum Gasteiger partial charge on any atom is 0.392 e. The van der Waals surface area contributed by atoms with Gasteiger partial charge in [-0.05, 0) is 19.1 Å². The lowest BCUT2D eigenvalue weighted by Crippen LogP contribution is -1.95. The first-order chi connectivity index (χ1) is 7.59. The number of hydrogen-bond donors (Lipinski definition) is 1. The highest BCUT2D eigenvalue weighted by atomic mass is 19.1. The maximum absolute atomic E-state index is 13.4. The van der Waals surface area contributed by atoms with Gasteiger partial charge in [0, 0.05) is 5.56 Å². The first-order valence-electron chi connectivity index (χ1n) is 4.55. The Morgan fingerprint density at radius 3 is 2.69 bits per heavy atom. The van der Waals surface area contributed by atoms with Crippen molar-refractivity contribution in [2.24, 2.45) is 0 Å². The molecule has 0 radical (unpaired) electrons. The molecule has 0 bridgehead atoms. The minimum absolute atomic E-state index is 0.218. The Labute approximate surface area is 90.4 Å². The molecule has 0 unspecified atom stereocenters. The molecule has 2 aromatic rings. The molecule has 0 saturated carbocycles. The highest BCUT2D eigenvalue weighted by molar-refractivity contribution is 5.83. The van der Waals surface area contributed by atoms with Crippen molar-refractivity contribution in [2.75, 3.05) is 0 Å². The molecule has 0 amide bonds. The third-order valence-corrected chi connectivity index (χ3v) is 2.11. The van der Waals surface area contributed by atoms with Crippen molar-refractivity contribution in [3.8, 4) is 11.3 Å². The lowest BCUT2D eigenvalue weighted by molar-refractivity contribution is 0.0652. The van der Waals surface area contributed by atoms with Gasteiger partial charge in [0.2, 0.25) is 0 Å². The Kier molecular flexibility index (Phi) is 2.44. The number of hydrogen-bond acceptors (Lipinski definition) is 3. The molecular weight excluding hydrogens is 213 g/mol. The van der Waals surface area contributed by atoms with Gasteiger partial charge in [0.25, 0.3) is 0 Å². The van der Waals surface area contributed by atoms with Gasteiger partial charge in [-0.1, -0.05) is 12.1 Å². The summed E-state index contributed by atoms with van der Waals surface area (Å²) in [4.78, 5) is 14.4. The largest absolute Gasteiger partial charge is 0.474 e. The topological polar surface area (TPSA) is 63.3 Å². The van der Waals surface area contributed by atoms with Crippen LogP contribution in [0.3, 0.4) is 0 Å². The number of benzene rings is 1. The van der Waals surface area contributed by atoms with Crippen molar-refractivity contribution in [3.05, 3.63) is 41.7 Å². The van der Waals surface area contributed by atoms with Crippen LogP contribution in [0.25, 0.3) is 11.3 Å². The number of halogens is 1. The minimum Gasteiger partial charge on any atom is -0.474 e. The average molecular weight is 221 g/mol. The van der Waals surface area contributed by atoms with E-state index in [-0.39, 0.29) is 17.0 Å². The number of carboxylic acids is 1. The van der Waals surface area contributed by atoms with Gasteiger partial charge in [-0.15, -0.1) is 0 Å². The molecule has 0 fully saturated rings. The summed E-state index contributed by atoms with van der Waals surface area (Å²) in [5.74, 6) is -1.89. The summed E-state index contributed by atoms with van der Waals surface area (Å²) in [6.45, 7) is 1.54. The number of nitrogens with zero attached hydrogens (tertiary/aromatic N) is 1. The molecule has 1 aromatic carbocycles. The normalized spacial score (nSPS) is 10.4. The molecule has 5 heteroatoms. The molecule has 0 aliphatic rings. The average Bonchev–Trinajstić information content (AvgIpc) is 2.61. The van der Waals surface area contributed by atoms with E-state index < -0.39 is 17.7 Å². The third-order valence-electron chi connectivity index (χ3n) is 2.11. The summed E-state index contributed by atoms with van der Waals surface area (Å²) < 4.78 is 18.3. The zero-order chi connectivity index (χ0) is 11.7. The van der Waals surface area contributed by atoms with Gasteiger partial charge in [0.15, 0.2) is 0 Å². The zero-order valence-corrected chi connectivity index (χ0v) is 8.40. The molecule has 1 heterocycles. The van der Waals surface area contributed by atoms with E-state index in [1.807, 2.05) is 0 Å². The summed E-state index contributed by atoms with van der Waals surface area (Å²) >= 11 is 0. The number of aromatic carboxylic acids is 1. The van der Waals surface area contributed by atoms with Gasteiger partial charge in [-0.2, -0.15) is 0 Å². The number of carbonyl (C=O) groups is 1. The first kappa shape index (κ1) is 10.4. The van der Waals surface area contributed by atoms with E-state index in [1.165, 1.54) is 12.1 Å². The SMILES string of the molecule is Cc1oc(C(=O)O)nc1-c1ccccc1F. The third kappa shape index (κ3) is 1.67. The van der Waals surface area contributed by atoms with Gasteiger partial charge in [0.05, 0.1) is 0 Å². The van der Waals surface area contributed by atoms with E-state index in [2.05, 4.69) is 4.98 Å². The standard InChI is InChI=1S/C11H8FNO3/c1-6-9(13-10(16-6)11(14)15)7-4-2-3-5-8(7)12/h2-5H,1H3,(H,14,15). The van der Waals surface area contributed by atoms with Gasteiger partial charge in [0.1, 0.15) is 17.3 Å². The predicted octanol–water partition coefficient (Wildman–Crippen LogP) is 2.49. The Morgan fingerprint density at radius 2 is 2.12 bits per heavy atom. The van der Waals surface area contributed by atoms with Crippen molar-refractivity contribution < 1.29 is 18.7 Å². The minimum atomic E-state index is -1.27. The molecule has 0 saturated heterocycles. The van der Waals surface area contributed by atoms with E-state index in [0.29, 0.717) is 0 Å². The van der Waals surface area contributed by atoms with Crippen LogP contribution in [0.4, 0.5) is 4.39 Å². The van der Waals surface area contributed by atoms with Crippen molar-refractivity contribution >= 4 is 5.97 Å². The van der Waals surface area contributed by atoms with Gasteiger partial charge in [-0.25, -0.2) is 14.2 Å². The van der Waals surface area contributed by atoms with Gasteiger partial charge < -0.3 is 9.52 Å². The number of carboxylic acid groups (broad SMARTS) is 1. The van der Waals surface area contributed by atoms with Crippen LogP contribution in [-0.2, 0) is 0 Å². The van der Waals surface area contributed by atoms with E-state index in [9.17, 15) is 9.18 Å². The molecule has 1 aromatic heterocycles. The molecule has 16 heavy (non-hydrogen) atoms. The monoisotopic (exact) mass is 221 g/mol. The molecule has 2 rings (SSSR count). The van der Waals surface area contributed by atoms with Crippen LogP contribution in [0.2, 0.25) is 0 Å². The van der Waals surface area contributed by atoms with Crippen molar-refractivity contribution in [1.29, 1.82) is 0 Å². The Hall–Kier alpha value is -2.17. The molecule has 0 spiro atoms. The second-order valence-electron chi connectivity index (χ2n) is 3.21. The smallest absolute Gasteiger partial charge is 0.392 e. The second kappa shape index (κ2) is 3.77. The van der Waals surface area contributed by atoms with Crippen molar-refractivity contribution in [2.45, 2.75) is 6.92 Å². The maximum atomic E-state index is 13.4. The second-order valence-corrected chi connectivity index (χ2v) is 3.21. The highest BCUT2D eigenvalue weighted by Gasteiger charge is 2.18. The molecule has 0 atom stereocenters. The van der Waals surface area contributed by atoms with Crippen LogP contribution in [0.5, 0.6) is 0 Å². The van der Waals surface area contributed by atoms with Crippen LogP contribution >= 0.6 is 0 Å². The fourth-order valence-electron chi connectivity index (χ4n) is 1.39. The summed E-state index contributed by atoms with van der Waals surface area (Å²) in [6.07, 6.45) is 0. The van der Waals surface area contributed by atoms with Crippen LogP contribution in [-0.4, -0.2) is 16.1 Å². The number of aryl methyl sites for hydroxylation is 1. The Balaban J connectivity index is 2.57. The van der Waals surface area contributed by atoms with E-state index in [4.69, 9.17) is 9.52 Å². The van der Waals surface area contributed by atoms with Crippen molar-refractivity contribution in [3.63, 3.8) is 0 Å². The summed E-state index contributed by atoms with van der Waals surface area (Å²) in [5, 5.41) is 8.69. The first-order valence-corrected chi connectivity index (χ1v) is 4.55. The number of oxazole rings is 1. The van der Waals surface area contributed by atoms with Crippen molar-refractivity contribution in [1.82, 2.24) is 4.98 Å². The lowest BCUT2D eigenvalue weighted by Gasteiger charge is -1.98. The molecule has 0 aliphatic carbocycles. The molecule has 1 N–H and O–H groups in total. The number of rotatable bonds is 2. The fraction of sp³-hybridized carbons (Fsp3) is 0.0909. The molecular formula is C11H8FNO3. The van der Waals surface area contributed by atoms with Gasteiger partial charge in [-0.3, -0.25) is 0 Å². The molecule has 0 aliphatic heterocycles. The van der Waals surface area contributed by atoms with E-state index in [1.54, 1.807) is 19.1 Å². The van der Waals surface area contributed by atoms with Crippen LogP contribution in [0.15, 0.2) is 28.7 Å². The highest BCUT2D eigenvalue weighted by Crippen LogP contribution is 2.25. The van der Waals surface area contributed by atoms with E-state index >= 15 is 0 Å². The quantitative estimate of drug-likeness (QED) is 0.846. The Morgan fingerprint density at radius 1 is 1.44 bits per heavy atom. The summed E-state index contributed by atoms with van der Waals surface area (Å²) in [7, 11) is 0. The predicted molar refractivity (Wildman–Crippen MR) is 53.6 cm³/mol. The fourth-order valence-corrected chi connectivity index (χ4v) is 1.39. The van der Waals surface area contributed by atoms with Gasteiger partial charge >= 0.3 is 11.9 Å². The van der Waals surface area contributed by atoms with Crippen LogP contribution < -0.4 is 0 Å². The lowest BCUT2D eigenvalue weighted by atomic mass is 10.1. The summed E-state index contributed by atoms with van der Waals surface area (Å²) in [5.41, 5.74) is 0.451. The van der Waals surface area contributed by atoms with Crippen LogP contribution in [0.1, 0.15) is 16.4 Å². The van der Waals surface area contributed by atoms with Crippen LogP contribution in [0, 0.1) is 12.7 Å². The molecule has 82 valence electrons. The Bertz CT molecular complexity index is 548. The van der Waals surface area contributed by atoms with E-state index in [0.717, 1.165) is 0 Å².